The third-order valence-corrected chi connectivity index (χ3v) is 5.20. The molecule has 0 saturated carbocycles. The number of carbonyl (C=O) groups excluding carboxylic acids is 1. The Morgan fingerprint density at radius 3 is 2.84 bits per heavy atom. The Labute approximate surface area is 119 Å². The fourth-order valence-corrected chi connectivity index (χ4v) is 3.66. The Kier molecular flexibility index (Phi) is 4.31. The van der Waals surface area contributed by atoms with E-state index in [-0.39, 0.29) is 17.4 Å². The molecular weight excluding hydrogens is 256 g/mol. The van der Waals surface area contributed by atoms with Crippen molar-refractivity contribution in [1.82, 2.24) is 10.6 Å². The van der Waals surface area contributed by atoms with Crippen molar-refractivity contribution < 1.29 is 4.79 Å². The maximum absolute atomic E-state index is 12.3. The van der Waals surface area contributed by atoms with Crippen molar-refractivity contribution in [3.05, 3.63) is 21.4 Å². The molecule has 1 aromatic heterocycles. The van der Waals surface area contributed by atoms with Gasteiger partial charge in [0.15, 0.2) is 0 Å². The molecule has 0 aliphatic carbocycles. The van der Waals surface area contributed by atoms with Crippen molar-refractivity contribution in [3.8, 4) is 0 Å². The number of amides is 1. The Morgan fingerprint density at radius 1 is 1.53 bits per heavy atom. The highest BCUT2D eigenvalue weighted by molar-refractivity contribution is 7.12. The topological polar surface area (TPSA) is 41.1 Å². The molecule has 1 saturated heterocycles. The first-order chi connectivity index (χ1) is 8.90. The van der Waals surface area contributed by atoms with Crippen molar-refractivity contribution in [2.45, 2.75) is 53.1 Å². The summed E-state index contributed by atoms with van der Waals surface area (Å²) in [5.74, 6) is 0.133. The lowest BCUT2D eigenvalue weighted by molar-refractivity contribution is -0.126. The van der Waals surface area contributed by atoms with Crippen LogP contribution in [0, 0.1) is 19.3 Å². The molecule has 1 fully saturated rings. The van der Waals surface area contributed by atoms with E-state index in [1.165, 1.54) is 15.3 Å². The summed E-state index contributed by atoms with van der Waals surface area (Å²) >= 11 is 1.77. The van der Waals surface area contributed by atoms with Crippen LogP contribution in [0.15, 0.2) is 6.07 Å². The van der Waals surface area contributed by atoms with Gasteiger partial charge in [-0.2, -0.15) is 0 Å². The van der Waals surface area contributed by atoms with Crippen LogP contribution in [-0.2, 0) is 11.3 Å². The lowest BCUT2D eigenvalue weighted by atomic mass is 9.77. The second-order valence-corrected chi connectivity index (χ2v) is 7.49. The molecule has 2 heterocycles. The first-order valence-electron chi connectivity index (χ1n) is 6.97. The van der Waals surface area contributed by atoms with Crippen LogP contribution in [0.3, 0.4) is 0 Å². The van der Waals surface area contributed by atoms with Crippen molar-refractivity contribution in [3.63, 3.8) is 0 Å². The smallest absolute Gasteiger partial charge is 0.237 e. The third kappa shape index (κ3) is 3.37. The standard InChI is InChI=1S/C15H24N2OS/c1-10-8-12(19-11(10)2)9-17-14(18)13-15(3,4)6-5-7-16-13/h8,13,16H,5-7,9H2,1-4H3,(H,17,18). The lowest BCUT2D eigenvalue weighted by Gasteiger charge is -2.38. The van der Waals surface area contributed by atoms with Crippen molar-refractivity contribution in [1.29, 1.82) is 0 Å². The average Bonchev–Trinajstić information content (AvgIpc) is 2.65. The summed E-state index contributed by atoms with van der Waals surface area (Å²) in [6.45, 7) is 10.2. The zero-order valence-electron chi connectivity index (χ0n) is 12.3. The molecule has 2 N–H and O–H groups in total. The SMILES string of the molecule is Cc1cc(CNC(=O)C2NCCCC2(C)C)sc1C. The molecule has 0 spiro atoms. The number of hydrogen-bond acceptors (Lipinski definition) is 3. The Balaban J connectivity index is 1.93. The highest BCUT2D eigenvalue weighted by Gasteiger charge is 2.36. The van der Waals surface area contributed by atoms with Crippen LogP contribution in [0.25, 0.3) is 0 Å². The number of aryl methyl sites for hydroxylation is 2. The van der Waals surface area contributed by atoms with Gasteiger partial charge in [-0.05, 0) is 50.3 Å². The Hall–Kier alpha value is -0.870. The molecular formula is C15H24N2OS. The minimum atomic E-state index is -0.0663. The number of carbonyl (C=O) groups is 1. The summed E-state index contributed by atoms with van der Waals surface area (Å²) in [6, 6.07) is 2.10. The van der Waals surface area contributed by atoms with Gasteiger partial charge in [-0.3, -0.25) is 4.79 Å². The van der Waals surface area contributed by atoms with Crippen molar-refractivity contribution in [2.75, 3.05) is 6.54 Å². The lowest BCUT2D eigenvalue weighted by Crippen LogP contribution is -2.55. The predicted molar refractivity (Wildman–Crippen MR) is 80.4 cm³/mol. The molecule has 106 valence electrons. The molecule has 4 heteroatoms. The zero-order chi connectivity index (χ0) is 14.0. The van der Waals surface area contributed by atoms with Gasteiger partial charge in [0, 0.05) is 9.75 Å². The summed E-state index contributed by atoms with van der Waals surface area (Å²) in [7, 11) is 0. The monoisotopic (exact) mass is 280 g/mol. The molecule has 1 aromatic rings. The first-order valence-corrected chi connectivity index (χ1v) is 7.79. The first kappa shape index (κ1) is 14.5. The van der Waals surface area contributed by atoms with Crippen LogP contribution in [0.4, 0.5) is 0 Å². The van der Waals surface area contributed by atoms with Gasteiger partial charge >= 0.3 is 0 Å². The molecule has 3 nitrogen and oxygen atoms in total. The highest BCUT2D eigenvalue weighted by atomic mass is 32.1. The summed E-state index contributed by atoms with van der Waals surface area (Å²) < 4.78 is 0. The van der Waals surface area contributed by atoms with Crippen molar-refractivity contribution in [2.24, 2.45) is 5.41 Å². The third-order valence-electron chi connectivity index (χ3n) is 4.04. The van der Waals surface area contributed by atoms with Gasteiger partial charge in [0.05, 0.1) is 12.6 Å². The zero-order valence-corrected chi connectivity index (χ0v) is 13.1. The second kappa shape index (κ2) is 5.63. The van der Waals surface area contributed by atoms with E-state index < -0.39 is 0 Å². The van der Waals surface area contributed by atoms with Gasteiger partial charge in [-0.25, -0.2) is 0 Å². The van der Waals surface area contributed by atoms with E-state index in [0.717, 1.165) is 19.4 Å². The number of thiophene rings is 1. The number of rotatable bonds is 3. The van der Waals surface area contributed by atoms with E-state index in [1.54, 1.807) is 11.3 Å². The summed E-state index contributed by atoms with van der Waals surface area (Å²) in [5, 5.41) is 6.43. The quantitative estimate of drug-likeness (QED) is 0.894. The van der Waals surface area contributed by atoms with Gasteiger partial charge in [-0.15, -0.1) is 11.3 Å². The van der Waals surface area contributed by atoms with Gasteiger partial charge in [0.25, 0.3) is 0 Å². The van der Waals surface area contributed by atoms with E-state index in [2.05, 4.69) is 44.4 Å². The van der Waals surface area contributed by atoms with Crippen LogP contribution in [0.5, 0.6) is 0 Å². The van der Waals surface area contributed by atoms with E-state index in [1.807, 2.05) is 0 Å². The minimum Gasteiger partial charge on any atom is -0.350 e. The molecule has 1 atom stereocenters. The highest BCUT2D eigenvalue weighted by Crippen LogP contribution is 2.30. The number of piperidine rings is 1. The summed E-state index contributed by atoms with van der Waals surface area (Å²) in [4.78, 5) is 14.9. The summed E-state index contributed by atoms with van der Waals surface area (Å²) in [6.07, 6.45) is 2.26. The van der Waals surface area contributed by atoms with Gasteiger partial charge in [0.1, 0.15) is 0 Å². The molecule has 19 heavy (non-hydrogen) atoms. The van der Waals surface area contributed by atoms with E-state index in [0.29, 0.717) is 6.54 Å². The van der Waals surface area contributed by atoms with Crippen LogP contribution < -0.4 is 10.6 Å². The fourth-order valence-electron chi connectivity index (χ4n) is 2.67. The predicted octanol–water partition coefficient (Wildman–Crippen LogP) is 2.76. The van der Waals surface area contributed by atoms with E-state index in [9.17, 15) is 4.79 Å². The Morgan fingerprint density at radius 2 is 2.26 bits per heavy atom. The normalized spacial score (nSPS) is 22.2. The molecule has 2 rings (SSSR count). The molecule has 1 aliphatic rings. The minimum absolute atomic E-state index is 0.0453. The molecule has 1 unspecified atom stereocenters. The number of nitrogens with one attached hydrogen (secondary N) is 2. The van der Waals surface area contributed by atoms with E-state index >= 15 is 0 Å². The Bertz CT molecular complexity index is 445. The maximum atomic E-state index is 12.3. The van der Waals surface area contributed by atoms with Crippen LogP contribution in [0.2, 0.25) is 0 Å². The largest absolute Gasteiger partial charge is 0.350 e. The summed E-state index contributed by atoms with van der Waals surface area (Å²) in [5.41, 5.74) is 1.36. The molecule has 0 aromatic carbocycles. The maximum Gasteiger partial charge on any atom is 0.237 e. The van der Waals surface area contributed by atoms with E-state index in [4.69, 9.17) is 0 Å². The van der Waals surface area contributed by atoms with Gasteiger partial charge in [0.2, 0.25) is 5.91 Å². The van der Waals surface area contributed by atoms with Crippen molar-refractivity contribution >= 4 is 17.2 Å². The number of hydrogen-bond donors (Lipinski definition) is 2. The molecule has 0 radical (unpaired) electrons. The molecule has 1 aliphatic heterocycles. The average molecular weight is 280 g/mol. The van der Waals surface area contributed by atoms with Gasteiger partial charge in [-0.1, -0.05) is 13.8 Å². The van der Waals surface area contributed by atoms with Crippen LogP contribution in [-0.4, -0.2) is 18.5 Å². The van der Waals surface area contributed by atoms with Crippen LogP contribution >= 0.6 is 11.3 Å². The molecule has 0 bridgehead atoms. The second-order valence-electron chi connectivity index (χ2n) is 6.15. The van der Waals surface area contributed by atoms with Crippen LogP contribution in [0.1, 0.15) is 42.0 Å². The fraction of sp³-hybridized carbons (Fsp3) is 0.667. The van der Waals surface area contributed by atoms with Gasteiger partial charge < -0.3 is 10.6 Å². The molecule has 1 amide bonds.